The average Bonchev–Trinajstić information content (AvgIpc) is 3.29. The summed E-state index contributed by atoms with van der Waals surface area (Å²) in [5.41, 5.74) is 1.72. The van der Waals surface area contributed by atoms with Gasteiger partial charge in [-0.1, -0.05) is 6.07 Å². The Labute approximate surface area is 182 Å². The number of morpholine rings is 1. The summed E-state index contributed by atoms with van der Waals surface area (Å²) in [5.74, 6) is -2.71. The molecule has 2 aliphatic rings. The third kappa shape index (κ3) is 6.30. The van der Waals surface area contributed by atoms with Crippen LogP contribution in [0.15, 0.2) is 47.5 Å². The summed E-state index contributed by atoms with van der Waals surface area (Å²) < 4.78 is 42.9. The zero-order valence-corrected chi connectivity index (χ0v) is 17.3. The largest absolute Gasteiger partial charge is 0.490 e. The first-order valence-electron chi connectivity index (χ1n) is 10.1. The number of carboxylic acid groups (broad SMARTS) is 1. The standard InChI is InChI=1S/C19H23N3O3.C2HF3O2/c23-18(17-3-10-24-14-17)22-7-4-19(5-8-22)15-21(9-11-25-19)13-16-2-1-6-20-12-16;3-2(4,5)1(6)7/h1-3,6,10,12,14H,4-5,7-9,11,13,15H2;(H,6,7). The van der Waals surface area contributed by atoms with E-state index in [2.05, 4.69) is 16.0 Å². The number of carbonyl (C=O) groups excluding carboxylic acids is 1. The minimum Gasteiger partial charge on any atom is -0.475 e. The Morgan fingerprint density at radius 3 is 2.47 bits per heavy atom. The number of rotatable bonds is 3. The van der Waals surface area contributed by atoms with Gasteiger partial charge in [0.05, 0.1) is 24.0 Å². The van der Waals surface area contributed by atoms with Crippen molar-refractivity contribution in [1.29, 1.82) is 0 Å². The normalized spacial score (nSPS) is 18.7. The highest BCUT2D eigenvalue weighted by Crippen LogP contribution is 2.31. The van der Waals surface area contributed by atoms with Crippen LogP contribution in [0.3, 0.4) is 0 Å². The number of hydrogen-bond donors (Lipinski definition) is 1. The molecule has 2 saturated heterocycles. The minimum absolute atomic E-state index is 0.0478. The second-order valence-corrected chi connectivity index (χ2v) is 7.71. The zero-order chi connectivity index (χ0) is 23.2. The predicted octanol–water partition coefficient (Wildman–Crippen LogP) is 2.82. The van der Waals surface area contributed by atoms with E-state index in [0.717, 1.165) is 52.2 Å². The van der Waals surface area contributed by atoms with E-state index in [1.54, 1.807) is 18.5 Å². The Morgan fingerprint density at radius 1 is 1.19 bits per heavy atom. The van der Waals surface area contributed by atoms with E-state index in [4.69, 9.17) is 19.1 Å². The quantitative estimate of drug-likeness (QED) is 0.760. The number of amides is 1. The number of aliphatic carboxylic acids is 1. The third-order valence-electron chi connectivity index (χ3n) is 5.43. The van der Waals surface area contributed by atoms with Crippen molar-refractivity contribution < 1.29 is 37.0 Å². The van der Waals surface area contributed by atoms with Gasteiger partial charge in [0, 0.05) is 45.1 Å². The van der Waals surface area contributed by atoms with Crippen molar-refractivity contribution >= 4 is 11.9 Å². The summed E-state index contributed by atoms with van der Waals surface area (Å²) in [6, 6.07) is 5.81. The van der Waals surface area contributed by atoms with Gasteiger partial charge in [-0.15, -0.1) is 0 Å². The van der Waals surface area contributed by atoms with Crippen LogP contribution in [-0.4, -0.2) is 76.3 Å². The molecular weight excluding hydrogens is 431 g/mol. The molecule has 0 bridgehead atoms. The predicted molar refractivity (Wildman–Crippen MR) is 106 cm³/mol. The first-order chi connectivity index (χ1) is 15.2. The van der Waals surface area contributed by atoms with Gasteiger partial charge in [0.25, 0.3) is 5.91 Å². The van der Waals surface area contributed by atoms with Crippen molar-refractivity contribution in [1.82, 2.24) is 14.8 Å². The number of furan rings is 1. The van der Waals surface area contributed by atoms with Crippen LogP contribution in [0.5, 0.6) is 0 Å². The summed E-state index contributed by atoms with van der Waals surface area (Å²) in [6.45, 7) is 4.95. The van der Waals surface area contributed by atoms with Gasteiger partial charge in [0.2, 0.25) is 0 Å². The van der Waals surface area contributed by atoms with Crippen molar-refractivity contribution in [3.63, 3.8) is 0 Å². The molecular formula is C21H24F3N3O5. The lowest BCUT2D eigenvalue weighted by Gasteiger charge is -2.47. The topological polar surface area (TPSA) is 96.1 Å². The first kappa shape index (κ1) is 23.7. The number of likely N-dealkylation sites (tertiary alicyclic amines) is 1. The van der Waals surface area contributed by atoms with Gasteiger partial charge in [-0.3, -0.25) is 14.7 Å². The summed E-state index contributed by atoms with van der Waals surface area (Å²) in [4.78, 5) is 29.9. The molecule has 174 valence electrons. The number of hydrogen-bond acceptors (Lipinski definition) is 6. The fraction of sp³-hybridized carbons (Fsp3) is 0.476. The van der Waals surface area contributed by atoms with Crippen molar-refractivity contribution in [2.45, 2.75) is 31.2 Å². The highest BCUT2D eigenvalue weighted by Gasteiger charge is 2.41. The van der Waals surface area contributed by atoms with Crippen molar-refractivity contribution in [2.24, 2.45) is 0 Å². The van der Waals surface area contributed by atoms with Crippen LogP contribution in [0, 0.1) is 0 Å². The molecule has 0 radical (unpaired) electrons. The number of halogens is 3. The number of pyridine rings is 1. The number of piperidine rings is 1. The molecule has 1 spiro atoms. The third-order valence-corrected chi connectivity index (χ3v) is 5.43. The second kappa shape index (κ2) is 10.1. The summed E-state index contributed by atoms with van der Waals surface area (Å²) in [7, 11) is 0. The molecule has 0 atom stereocenters. The average molecular weight is 455 g/mol. The van der Waals surface area contributed by atoms with E-state index in [1.165, 1.54) is 11.8 Å². The Bertz CT molecular complexity index is 882. The minimum atomic E-state index is -5.08. The van der Waals surface area contributed by atoms with Crippen LogP contribution in [0.4, 0.5) is 13.2 Å². The van der Waals surface area contributed by atoms with Crippen LogP contribution < -0.4 is 0 Å². The van der Waals surface area contributed by atoms with Crippen LogP contribution in [0.25, 0.3) is 0 Å². The maximum absolute atomic E-state index is 12.4. The lowest BCUT2D eigenvalue weighted by Crippen LogP contribution is -2.57. The highest BCUT2D eigenvalue weighted by molar-refractivity contribution is 5.93. The van der Waals surface area contributed by atoms with Crippen molar-refractivity contribution in [3.05, 3.63) is 54.2 Å². The monoisotopic (exact) mass is 455 g/mol. The molecule has 1 amide bonds. The van der Waals surface area contributed by atoms with Gasteiger partial charge in [-0.25, -0.2) is 4.79 Å². The smallest absolute Gasteiger partial charge is 0.475 e. The van der Waals surface area contributed by atoms with Crippen molar-refractivity contribution in [2.75, 3.05) is 32.8 Å². The first-order valence-corrected chi connectivity index (χ1v) is 10.1. The number of nitrogens with zero attached hydrogens (tertiary/aromatic N) is 3. The lowest BCUT2D eigenvalue weighted by molar-refractivity contribution is -0.192. The molecule has 2 aromatic rings. The Hall–Kier alpha value is -2.92. The van der Waals surface area contributed by atoms with Crippen molar-refractivity contribution in [3.8, 4) is 0 Å². The molecule has 11 heteroatoms. The molecule has 2 aliphatic heterocycles. The second-order valence-electron chi connectivity index (χ2n) is 7.71. The van der Waals surface area contributed by atoms with Crippen LogP contribution >= 0.6 is 0 Å². The van der Waals surface area contributed by atoms with Crippen LogP contribution in [-0.2, 0) is 16.1 Å². The summed E-state index contributed by atoms with van der Waals surface area (Å²) in [5, 5.41) is 7.12. The fourth-order valence-corrected chi connectivity index (χ4v) is 3.80. The fourth-order valence-electron chi connectivity index (χ4n) is 3.80. The van der Waals surface area contributed by atoms with Gasteiger partial charge in [0.15, 0.2) is 0 Å². The maximum Gasteiger partial charge on any atom is 0.490 e. The van der Waals surface area contributed by atoms with Gasteiger partial charge in [-0.05, 0) is 30.5 Å². The molecule has 2 aromatic heterocycles. The van der Waals surface area contributed by atoms with Gasteiger partial charge in [0.1, 0.15) is 6.26 Å². The molecule has 0 aromatic carbocycles. The number of alkyl halides is 3. The summed E-state index contributed by atoms with van der Waals surface area (Å²) in [6.07, 6.45) is 3.45. The lowest BCUT2D eigenvalue weighted by atomic mass is 9.89. The molecule has 8 nitrogen and oxygen atoms in total. The van der Waals surface area contributed by atoms with Gasteiger partial charge >= 0.3 is 12.1 Å². The van der Waals surface area contributed by atoms with E-state index in [-0.39, 0.29) is 11.5 Å². The summed E-state index contributed by atoms with van der Waals surface area (Å²) >= 11 is 0. The molecule has 32 heavy (non-hydrogen) atoms. The van der Waals surface area contributed by atoms with E-state index < -0.39 is 12.1 Å². The number of carbonyl (C=O) groups is 2. The SMILES string of the molecule is O=C(O)C(F)(F)F.O=C(c1ccoc1)N1CCC2(CC1)CN(Cc1cccnc1)CCO2. The maximum atomic E-state index is 12.4. The van der Waals surface area contributed by atoms with Crippen LogP contribution in [0.2, 0.25) is 0 Å². The van der Waals surface area contributed by atoms with E-state index in [0.29, 0.717) is 5.56 Å². The number of aromatic nitrogens is 1. The Kier molecular flexibility index (Phi) is 7.52. The molecule has 0 saturated carbocycles. The van der Waals surface area contributed by atoms with Crippen LogP contribution in [0.1, 0.15) is 28.8 Å². The Morgan fingerprint density at radius 2 is 1.91 bits per heavy atom. The van der Waals surface area contributed by atoms with Gasteiger partial charge in [-0.2, -0.15) is 13.2 Å². The number of carboxylic acids is 1. The molecule has 0 unspecified atom stereocenters. The Balaban J connectivity index is 0.000000360. The van der Waals surface area contributed by atoms with E-state index in [1.807, 2.05) is 17.2 Å². The molecule has 4 rings (SSSR count). The highest BCUT2D eigenvalue weighted by atomic mass is 19.4. The number of ether oxygens (including phenoxy) is 1. The molecule has 0 aliphatic carbocycles. The van der Waals surface area contributed by atoms with E-state index >= 15 is 0 Å². The van der Waals surface area contributed by atoms with Gasteiger partial charge < -0.3 is 19.2 Å². The zero-order valence-electron chi connectivity index (χ0n) is 17.3. The molecule has 2 fully saturated rings. The van der Waals surface area contributed by atoms with E-state index in [9.17, 15) is 18.0 Å². The molecule has 4 heterocycles. The molecule has 1 N–H and O–H groups in total.